The van der Waals surface area contributed by atoms with Crippen molar-refractivity contribution in [3.8, 4) is 0 Å². The van der Waals surface area contributed by atoms with E-state index in [9.17, 15) is 27.6 Å². The van der Waals surface area contributed by atoms with E-state index in [4.69, 9.17) is 9.90 Å². The number of aliphatic carboxylic acids is 1. The van der Waals surface area contributed by atoms with E-state index < -0.39 is 29.6 Å². The highest BCUT2D eigenvalue weighted by molar-refractivity contribution is 5.93. The summed E-state index contributed by atoms with van der Waals surface area (Å²) in [5.74, 6) is -2.96. The molecule has 272 valence electrons. The third-order valence-corrected chi connectivity index (χ3v) is 10.1. The Balaban J connectivity index is 0.000000654. The molecule has 0 spiro atoms. The number of rotatable bonds is 9. The molecule has 6 rings (SSSR count). The lowest BCUT2D eigenvalue weighted by molar-refractivity contribution is -0.192. The number of nitrogens with one attached hydrogen (secondary N) is 2. The Kier molecular flexibility index (Phi) is 12.5. The van der Waals surface area contributed by atoms with Crippen LogP contribution in [-0.2, 0) is 24.6 Å². The molecule has 0 radical (unpaired) electrons. The quantitative estimate of drug-likeness (QED) is 0.261. The third-order valence-electron chi connectivity index (χ3n) is 10.1. The summed E-state index contributed by atoms with van der Waals surface area (Å²) < 4.78 is 31.7. The standard InChI is InChI=1S/C37H44N4O3.C2HF3O2/c42-34(26-37(28-14-4-1-5-15-28,29-16-6-2-7-17-29)30-18-8-3-9-19-30)40-24-13-22-33(40)36(44)41-25-12-21-32(41)35(43)39-27-31-20-10-11-23-38-31;3-2(4,5)1(6)7/h1-9,14-19,31-33,38H,10-13,20-27H2,(H,39,43);(H,6,7)/t31?,32-,33+;/m1./s1. The zero-order chi connectivity index (χ0) is 36.4. The predicted octanol–water partition coefficient (Wildman–Crippen LogP) is 5.28. The number of benzene rings is 3. The van der Waals surface area contributed by atoms with E-state index in [1.165, 1.54) is 12.8 Å². The average molecular weight is 707 g/mol. The number of nitrogens with zero attached hydrogens (tertiary/aromatic N) is 2. The molecule has 3 fully saturated rings. The second kappa shape index (κ2) is 17.0. The van der Waals surface area contributed by atoms with Crippen molar-refractivity contribution in [2.24, 2.45) is 0 Å². The number of piperidine rings is 1. The van der Waals surface area contributed by atoms with Gasteiger partial charge in [-0.3, -0.25) is 14.4 Å². The number of carboxylic acids is 1. The van der Waals surface area contributed by atoms with Crippen LogP contribution in [0.5, 0.6) is 0 Å². The molecule has 3 heterocycles. The van der Waals surface area contributed by atoms with Crippen molar-refractivity contribution in [2.75, 3.05) is 26.2 Å². The first-order valence-electron chi connectivity index (χ1n) is 17.6. The van der Waals surface area contributed by atoms with E-state index in [0.717, 1.165) is 42.5 Å². The van der Waals surface area contributed by atoms with Gasteiger partial charge in [-0.2, -0.15) is 13.2 Å². The molecular weight excluding hydrogens is 661 g/mol. The van der Waals surface area contributed by atoms with Crippen LogP contribution in [0.3, 0.4) is 0 Å². The predicted molar refractivity (Wildman–Crippen MR) is 186 cm³/mol. The minimum Gasteiger partial charge on any atom is -0.475 e. The summed E-state index contributed by atoms with van der Waals surface area (Å²) in [6.45, 7) is 2.67. The van der Waals surface area contributed by atoms with E-state index >= 15 is 0 Å². The number of carboxylic acid groups (broad SMARTS) is 1. The number of halogens is 3. The number of alkyl halides is 3. The van der Waals surface area contributed by atoms with Crippen LogP contribution in [0, 0.1) is 0 Å². The molecule has 0 aromatic heterocycles. The molecule has 0 aliphatic carbocycles. The van der Waals surface area contributed by atoms with Crippen LogP contribution in [0.1, 0.15) is 68.1 Å². The molecule has 1 unspecified atom stereocenters. The molecule has 12 heteroatoms. The van der Waals surface area contributed by atoms with E-state index in [-0.39, 0.29) is 24.1 Å². The largest absolute Gasteiger partial charge is 0.490 e. The number of hydrogen-bond acceptors (Lipinski definition) is 5. The lowest BCUT2D eigenvalue weighted by Crippen LogP contribution is -2.54. The topological polar surface area (TPSA) is 119 Å². The first-order valence-corrected chi connectivity index (χ1v) is 17.6. The Morgan fingerprint density at radius 1 is 0.706 bits per heavy atom. The van der Waals surface area contributed by atoms with Gasteiger partial charge in [0.1, 0.15) is 12.1 Å². The van der Waals surface area contributed by atoms with Gasteiger partial charge in [0.25, 0.3) is 0 Å². The smallest absolute Gasteiger partial charge is 0.475 e. The second-order valence-corrected chi connectivity index (χ2v) is 13.3. The monoisotopic (exact) mass is 706 g/mol. The van der Waals surface area contributed by atoms with Crippen LogP contribution in [0.25, 0.3) is 0 Å². The molecule has 51 heavy (non-hydrogen) atoms. The first kappa shape index (κ1) is 37.5. The van der Waals surface area contributed by atoms with Gasteiger partial charge in [0.15, 0.2) is 0 Å². The number of carbonyl (C=O) groups is 4. The van der Waals surface area contributed by atoms with Gasteiger partial charge in [-0.25, -0.2) is 4.79 Å². The maximum Gasteiger partial charge on any atom is 0.490 e. The van der Waals surface area contributed by atoms with Crippen molar-refractivity contribution in [1.82, 2.24) is 20.4 Å². The number of likely N-dealkylation sites (tertiary alicyclic amines) is 2. The number of amides is 3. The molecule has 3 N–H and O–H groups in total. The van der Waals surface area contributed by atoms with Crippen molar-refractivity contribution in [2.45, 2.75) is 81.1 Å². The molecule has 3 aliphatic rings. The van der Waals surface area contributed by atoms with Crippen LogP contribution >= 0.6 is 0 Å². The van der Waals surface area contributed by atoms with Crippen molar-refractivity contribution in [3.63, 3.8) is 0 Å². The van der Waals surface area contributed by atoms with E-state index in [0.29, 0.717) is 38.5 Å². The minimum absolute atomic E-state index is 0.0408. The maximum absolute atomic E-state index is 14.5. The number of hydrogen-bond donors (Lipinski definition) is 3. The molecule has 0 saturated carbocycles. The Labute approximate surface area is 296 Å². The van der Waals surface area contributed by atoms with Gasteiger partial charge in [-0.05, 0) is 61.8 Å². The maximum atomic E-state index is 14.5. The van der Waals surface area contributed by atoms with Gasteiger partial charge in [0, 0.05) is 32.1 Å². The summed E-state index contributed by atoms with van der Waals surface area (Å²) in [5, 5.41) is 13.7. The molecule has 0 bridgehead atoms. The minimum atomic E-state index is -5.08. The molecule has 3 aliphatic heterocycles. The highest BCUT2D eigenvalue weighted by Crippen LogP contribution is 2.43. The van der Waals surface area contributed by atoms with E-state index in [1.54, 1.807) is 9.80 Å². The van der Waals surface area contributed by atoms with Crippen LogP contribution in [0.2, 0.25) is 0 Å². The van der Waals surface area contributed by atoms with E-state index in [1.807, 2.05) is 54.6 Å². The lowest BCUT2D eigenvalue weighted by Gasteiger charge is -2.38. The van der Waals surface area contributed by atoms with Gasteiger partial charge in [0.05, 0.1) is 5.41 Å². The van der Waals surface area contributed by atoms with Crippen LogP contribution in [0.15, 0.2) is 91.0 Å². The molecule has 3 aromatic carbocycles. The molecule has 3 aromatic rings. The van der Waals surface area contributed by atoms with Crippen LogP contribution < -0.4 is 10.6 Å². The Morgan fingerprint density at radius 2 is 1.20 bits per heavy atom. The summed E-state index contributed by atoms with van der Waals surface area (Å²) in [7, 11) is 0. The highest BCUT2D eigenvalue weighted by Gasteiger charge is 2.45. The summed E-state index contributed by atoms with van der Waals surface area (Å²) in [6.07, 6.45) is 1.38. The van der Waals surface area contributed by atoms with Crippen molar-refractivity contribution in [1.29, 1.82) is 0 Å². The first-order chi connectivity index (χ1) is 24.5. The zero-order valence-electron chi connectivity index (χ0n) is 28.5. The van der Waals surface area contributed by atoms with Gasteiger partial charge >= 0.3 is 12.1 Å². The van der Waals surface area contributed by atoms with Crippen LogP contribution in [0.4, 0.5) is 13.2 Å². The lowest BCUT2D eigenvalue weighted by atomic mass is 9.67. The van der Waals surface area contributed by atoms with Gasteiger partial charge < -0.3 is 25.5 Å². The Bertz CT molecular complexity index is 1520. The SMILES string of the molecule is O=C(NCC1CCCCN1)[C@H]1CCCN1C(=O)[C@@H]1CCCN1C(=O)CC(c1ccccc1)(c1ccccc1)c1ccccc1.O=C(O)C(F)(F)F. The summed E-state index contributed by atoms with van der Waals surface area (Å²) in [6, 6.07) is 29.9. The fourth-order valence-electron chi connectivity index (χ4n) is 7.56. The van der Waals surface area contributed by atoms with Crippen LogP contribution in [-0.4, -0.2) is 89.1 Å². The summed E-state index contributed by atoms with van der Waals surface area (Å²) >= 11 is 0. The van der Waals surface area contributed by atoms with Crippen molar-refractivity contribution in [3.05, 3.63) is 108 Å². The summed E-state index contributed by atoms with van der Waals surface area (Å²) in [5.41, 5.74) is 2.39. The second-order valence-electron chi connectivity index (χ2n) is 13.3. The molecule has 9 nitrogen and oxygen atoms in total. The fourth-order valence-corrected chi connectivity index (χ4v) is 7.56. The fraction of sp³-hybridized carbons (Fsp3) is 0.436. The molecule has 3 amide bonds. The third kappa shape index (κ3) is 8.97. The van der Waals surface area contributed by atoms with Gasteiger partial charge in [-0.1, -0.05) is 97.4 Å². The molecular formula is C39H45F3N4O5. The Hall–Kier alpha value is -4.71. The summed E-state index contributed by atoms with van der Waals surface area (Å²) in [4.78, 5) is 54.3. The van der Waals surface area contributed by atoms with E-state index in [2.05, 4.69) is 47.0 Å². The van der Waals surface area contributed by atoms with Gasteiger partial charge in [0.2, 0.25) is 17.7 Å². The normalized spacial score (nSPS) is 20.6. The van der Waals surface area contributed by atoms with Gasteiger partial charge in [-0.15, -0.1) is 0 Å². The Morgan fingerprint density at radius 3 is 1.67 bits per heavy atom. The molecule has 3 saturated heterocycles. The average Bonchev–Trinajstić information content (AvgIpc) is 3.85. The highest BCUT2D eigenvalue weighted by atomic mass is 19.4. The molecule has 3 atom stereocenters. The van der Waals surface area contributed by atoms with Crippen molar-refractivity contribution < 1.29 is 37.5 Å². The number of carbonyl (C=O) groups excluding carboxylic acids is 3. The van der Waals surface area contributed by atoms with Crippen molar-refractivity contribution >= 4 is 23.7 Å². The zero-order valence-corrected chi connectivity index (χ0v) is 28.5.